The molecule has 0 saturated carbocycles. The van der Waals surface area contributed by atoms with E-state index in [2.05, 4.69) is 20.5 Å². The maximum absolute atomic E-state index is 12.3. The van der Waals surface area contributed by atoms with Crippen molar-refractivity contribution in [3.8, 4) is 0 Å². The normalized spacial score (nSPS) is 10.4. The standard InChI is InChI=1S/C18H22N4O3/c1-22(2)11-10-19-13-8-9-16(20-12-13)17(23)21-15-7-5-4-6-14(15)18(24)25-3/h4-9,12,19H,10-11H2,1-3H3,(H,21,23). The average Bonchev–Trinajstić information content (AvgIpc) is 2.61. The Morgan fingerprint density at radius 3 is 2.56 bits per heavy atom. The van der Waals surface area contributed by atoms with Gasteiger partial charge < -0.3 is 20.3 Å². The van der Waals surface area contributed by atoms with Crippen molar-refractivity contribution in [2.75, 3.05) is 44.9 Å². The van der Waals surface area contributed by atoms with Gasteiger partial charge in [0.05, 0.1) is 30.2 Å². The van der Waals surface area contributed by atoms with E-state index in [1.165, 1.54) is 7.11 Å². The highest BCUT2D eigenvalue weighted by Gasteiger charge is 2.14. The Balaban J connectivity index is 2.03. The van der Waals surface area contributed by atoms with E-state index >= 15 is 0 Å². The molecule has 1 aromatic heterocycles. The summed E-state index contributed by atoms with van der Waals surface area (Å²) >= 11 is 0. The van der Waals surface area contributed by atoms with E-state index in [9.17, 15) is 9.59 Å². The highest BCUT2D eigenvalue weighted by atomic mass is 16.5. The van der Waals surface area contributed by atoms with Crippen LogP contribution < -0.4 is 10.6 Å². The Morgan fingerprint density at radius 1 is 1.16 bits per heavy atom. The van der Waals surface area contributed by atoms with E-state index < -0.39 is 11.9 Å². The van der Waals surface area contributed by atoms with Crippen LogP contribution in [0, 0.1) is 0 Å². The summed E-state index contributed by atoms with van der Waals surface area (Å²) in [5, 5.41) is 5.92. The summed E-state index contributed by atoms with van der Waals surface area (Å²) in [5.41, 5.74) is 1.78. The van der Waals surface area contributed by atoms with Gasteiger partial charge in [-0.25, -0.2) is 9.78 Å². The fourth-order valence-electron chi connectivity index (χ4n) is 2.12. The van der Waals surface area contributed by atoms with Gasteiger partial charge in [-0.15, -0.1) is 0 Å². The lowest BCUT2D eigenvalue weighted by Crippen LogP contribution is -2.21. The van der Waals surface area contributed by atoms with E-state index in [4.69, 9.17) is 4.74 Å². The number of carbonyl (C=O) groups is 2. The lowest BCUT2D eigenvalue weighted by atomic mass is 10.1. The topological polar surface area (TPSA) is 83.6 Å². The van der Waals surface area contributed by atoms with Crippen LogP contribution in [0.5, 0.6) is 0 Å². The fraction of sp³-hybridized carbons (Fsp3) is 0.278. The summed E-state index contributed by atoms with van der Waals surface area (Å²) in [6.07, 6.45) is 1.61. The van der Waals surface area contributed by atoms with Crippen molar-refractivity contribution in [1.29, 1.82) is 0 Å². The van der Waals surface area contributed by atoms with Crippen LogP contribution in [-0.2, 0) is 4.74 Å². The summed E-state index contributed by atoms with van der Waals surface area (Å²) in [7, 11) is 5.30. The molecule has 0 aliphatic carbocycles. The summed E-state index contributed by atoms with van der Waals surface area (Å²) in [4.78, 5) is 30.3. The fourth-order valence-corrected chi connectivity index (χ4v) is 2.12. The molecule has 2 N–H and O–H groups in total. The first-order chi connectivity index (χ1) is 12.0. The van der Waals surface area contributed by atoms with Gasteiger partial charge in [-0.3, -0.25) is 4.79 Å². The lowest BCUT2D eigenvalue weighted by Gasteiger charge is -2.12. The molecule has 1 heterocycles. The molecule has 0 aliphatic rings. The molecular weight excluding hydrogens is 320 g/mol. The van der Waals surface area contributed by atoms with Gasteiger partial charge in [0, 0.05) is 13.1 Å². The second-order valence-electron chi connectivity index (χ2n) is 5.65. The number of amides is 1. The van der Waals surface area contributed by atoms with Gasteiger partial charge in [-0.2, -0.15) is 0 Å². The molecule has 25 heavy (non-hydrogen) atoms. The number of hydrogen-bond donors (Lipinski definition) is 2. The molecule has 7 nitrogen and oxygen atoms in total. The van der Waals surface area contributed by atoms with Crippen LogP contribution in [-0.4, -0.2) is 56.1 Å². The number of nitrogens with zero attached hydrogens (tertiary/aromatic N) is 2. The number of para-hydroxylation sites is 1. The van der Waals surface area contributed by atoms with Crippen molar-refractivity contribution in [2.45, 2.75) is 0 Å². The molecule has 1 aromatic carbocycles. The van der Waals surface area contributed by atoms with Crippen molar-refractivity contribution in [2.24, 2.45) is 0 Å². The monoisotopic (exact) mass is 342 g/mol. The molecule has 7 heteroatoms. The smallest absolute Gasteiger partial charge is 0.339 e. The van der Waals surface area contributed by atoms with Gasteiger partial charge in [0.25, 0.3) is 5.91 Å². The Kier molecular flexibility index (Phi) is 6.47. The third-order valence-corrected chi connectivity index (χ3v) is 3.46. The number of esters is 1. The number of nitrogens with one attached hydrogen (secondary N) is 2. The lowest BCUT2D eigenvalue weighted by molar-refractivity contribution is 0.0602. The van der Waals surface area contributed by atoms with Gasteiger partial charge in [0.15, 0.2) is 0 Å². The Morgan fingerprint density at radius 2 is 1.92 bits per heavy atom. The minimum absolute atomic E-state index is 0.262. The van der Waals surface area contributed by atoms with Crippen LogP contribution in [0.25, 0.3) is 0 Å². The molecule has 0 radical (unpaired) electrons. The quantitative estimate of drug-likeness (QED) is 0.750. The van der Waals surface area contributed by atoms with Crippen molar-refractivity contribution in [1.82, 2.24) is 9.88 Å². The summed E-state index contributed by atoms with van der Waals surface area (Å²) in [6, 6.07) is 10.1. The first-order valence-electron chi connectivity index (χ1n) is 7.84. The summed E-state index contributed by atoms with van der Waals surface area (Å²) in [5.74, 6) is -0.902. The van der Waals surface area contributed by atoms with Crippen LogP contribution in [0.3, 0.4) is 0 Å². The predicted octanol–water partition coefficient (Wildman–Crippen LogP) is 2.09. The third-order valence-electron chi connectivity index (χ3n) is 3.46. The number of anilines is 2. The molecular formula is C18H22N4O3. The van der Waals surface area contributed by atoms with Gasteiger partial charge in [-0.05, 0) is 38.4 Å². The van der Waals surface area contributed by atoms with Gasteiger partial charge in [0.1, 0.15) is 5.69 Å². The molecule has 2 aromatic rings. The largest absolute Gasteiger partial charge is 0.465 e. The SMILES string of the molecule is COC(=O)c1ccccc1NC(=O)c1ccc(NCCN(C)C)cn1. The number of ether oxygens (including phenoxy) is 1. The molecule has 1 amide bonds. The van der Waals surface area contributed by atoms with Gasteiger partial charge in [-0.1, -0.05) is 12.1 Å². The molecule has 0 fully saturated rings. The second-order valence-corrected chi connectivity index (χ2v) is 5.65. The number of methoxy groups -OCH3 is 1. The van der Waals surface area contributed by atoms with Crippen molar-refractivity contribution >= 4 is 23.3 Å². The van der Waals surface area contributed by atoms with Crippen LogP contribution in [0.15, 0.2) is 42.6 Å². The maximum Gasteiger partial charge on any atom is 0.339 e. The van der Waals surface area contributed by atoms with Crippen molar-refractivity contribution in [3.05, 3.63) is 53.9 Å². The minimum Gasteiger partial charge on any atom is -0.465 e. The van der Waals surface area contributed by atoms with Crippen LogP contribution >= 0.6 is 0 Å². The Bertz CT molecular complexity index is 729. The molecule has 0 atom stereocenters. The number of rotatable bonds is 7. The van der Waals surface area contributed by atoms with Crippen molar-refractivity contribution < 1.29 is 14.3 Å². The zero-order chi connectivity index (χ0) is 18.2. The van der Waals surface area contributed by atoms with E-state index in [1.807, 2.05) is 14.1 Å². The van der Waals surface area contributed by atoms with Gasteiger partial charge in [0.2, 0.25) is 0 Å². The first-order valence-corrected chi connectivity index (χ1v) is 7.84. The molecule has 0 bridgehead atoms. The van der Waals surface area contributed by atoms with Crippen LogP contribution in [0.4, 0.5) is 11.4 Å². The highest BCUT2D eigenvalue weighted by Crippen LogP contribution is 2.17. The number of carbonyl (C=O) groups excluding carboxylic acids is 2. The molecule has 0 unspecified atom stereocenters. The zero-order valence-electron chi connectivity index (χ0n) is 14.6. The highest BCUT2D eigenvalue weighted by molar-refractivity contribution is 6.07. The maximum atomic E-state index is 12.3. The van der Waals surface area contributed by atoms with Crippen molar-refractivity contribution in [3.63, 3.8) is 0 Å². The van der Waals surface area contributed by atoms with Crippen LogP contribution in [0.1, 0.15) is 20.8 Å². The predicted molar refractivity (Wildman–Crippen MR) is 97.0 cm³/mol. The Hall–Kier alpha value is -2.93. The minimum atomic E-state index is -0.510. The number of pyridine rings is 1. The number of likely N-dealkylation sites (N-methyl/N-ethyl adjacent to an activating group) is 1. The molecule has 0 saturated heterocycles. The summed E-state index contributed by atoms with van der Waals surface area (Å²) < 4.78 is 4.72. The van der Waals surface area contributed by atoms with E-state index in [-0.39, 0.29) is 5.69 Å². The number of benzene rings is 1. The first kappa shape index (κ1) is 18.4. The molecule has 0 spiro atoms. The molecule has 2 rings (SSSR count). The van der Waals surface area contributed by atoms with E-state index in [0.29, 0.717) is 11.3 Å². The second kappa shape index (κ2) is 8.79. The molecule has 0 aliphatic heterocycles. The third kappa shape index (κ3) is 5.29. The average molecular weight is 342 g/mol. The number of hydrogen-bond acceptors (Lipinski definition) is 6. The van der Waals surface area contributed by atoms with E-state index in [1.54, 1.807) is 42.6 Å². The van der Waals surface area contributed by atoms with Gasteiger partial charge >= 0.3 is 5.97 Å². The summed E-state index contributed by atoms with van der Waals surface area (Å²) in [6.45, 7) is 1.68. The number of aromatic nitrogens is 1. The molecule has 132 valence electrons. The zero-order valence-corrected chi connectivity index (χ0v) is 14.6. The van der Waals surface area contributed by atoms with E-state index in [0.717, 1.165) is 18.8 Å². The van der Waals surface area contributed by atoms with Crippen LogP contribution in [0.2, 0.25) is 0 Å². The Labute approximate surface area is 147 Å².